The molecular weight excluding hydrogens is 232 g/mol. The summed E-state index contributed by atoms with van der Waals surface area (Å²) in [5, 5.41) is 0.781. The lowest BCUT2D eigenvalue weighted by Crippen LogP contribution is -2.30. The Bertz CT molecular complexity index is 363. The first-order valence-electron chi connectivity index (χ1n) is 6.22. The molecule has 96 valence electrons. The monoisotopic (exact) mass is 254 g/mol. The third-order valence-corrected chi connectivity index (χ3v) is 3.46. The second-order valence-electron chi connectivity index (χ2n) is 4.82. The molecular formula is C14H23ClN2. The summed E-state index contributed by atoms with van der Waals surface area (Å²) in [4.78, 5) is 2.28. The molecule has 2 unspecified atom stereocenters. The fraction of sp³-hybridized carbons (Fsp3) is 0.571. The fourth-order valence-electron chi connectivity index (χ4n) is 1.90. The van der Waals surface area contributed by atoms with Crippen molar-refractivity contribution in [3.8, 4) is 0 Å². The molecule has 3 heteroatoms. The van der Waals surface area contributed by atoms with Crippen LogP contribution in [0.3, 0.4) is 0 Å². The van der Waals surface area contributed by atoms with Crippen LogP contribution in [0.25, 0.3) is 0 Å². The van der Waals surface area contributed by atoms with Gasteiger partial charge in [-0.1, -0.05) is 24.6 Å². The van der Waals surface area contributed by atoms with E-state index >= 15 is 0 Å². The molecule has 0 saturated heterocycles. The minimum absolute atomic E-state index is 0.167. The van der Waals surface area contributed by atoms with E-state index in [2.05, 4.69) is 31.9 Å². The average molecular weight is 255 g/mol. The maximum atomic E-state index is 6.09. The third-order valence-electron chi connectivity index (χ3n) is 3.22. The number of benzene rings is 1. The van der Waals surface area contributed by atoms with Gasteiger partial charge in [0, 0.05) is 29.8 Å². The van der Waals surface area contributed by atoms with E-state index in [1.807, 2.05) is 19.1 Å². The maximum Gasteiger partial charge on any atom is 0.0426 e. The molecule has 0 aliphatic rings. The first-order chi connectivity index (χ1) is 7.95. The van der Waals surface area contributed by atoms with E-state index in [0.29, 0.717) is 6.04 Å². The average Bonchev–Trinajstić information content (AvgIpc) is 2.29. The Kier molecular flexibility index (Phi) is 5.29. The summed E-state index contributed by atoms with van der Waals surface area (Å²) >= 11 is 6.09. The van der Waals surface area contributed by atoms with Crippen molar-refractivity contribution in [2.45, 2.75) is 45.7 Å². The van der Waals surface area contributed by atoms with Crippen LogP contribution in [0.2, 0.25) is 5.02 Å². The standard InChI is InChI=1S/C14H23ClN2/c1-5-11(3)17(4)14-9-13(15)7-6-12(14)8-10(2)16/h6-7,9-11H,5,8,16H2,1-4H3. The largest absolute Gasteiger partial charge is 0.372 e. The van der Waals surface area contributed by atoms with Gasteiger partial charge in [-0.3, -0.25) is 0 Å². The van der Waals surface area contributed by atoms with Gasteiger partial charge < -0.3 is 10.6 Å². The van der Waals surface area contributed by atoms with Crippen molar-refractivity contribution in [1.82, 2.24) is 0 Å². The summed E-state index contributed by atoms with van der Waals surface area (Å²) in [6.07, 6.45) is 1.99. The number of halogens is 1. The summed E-state index contributed by atoms with van der Waals surface area (Å²) in [6.45, 7) is 6.44. The highest BCUT2D eigenvalue weighted by Crippen LogP contribution is 2.27. The number of anilines is 1. The number of nitrogens with zero attached hydrogens (tertiary/aromatic N) is 1. The Labute approximate surface area is 110 Å². The van der Waals surface area contributed by atoms with E-state index in [1.54, 1.807) is 0 Å². The van der Waals surface area contributed by atoms with Crippen molar-refractivity contribution < 1.29 is 0 Å². The van der Waals surface area contributed by atoms with Gasteiger partial charge in [0.25, 0.3) is 0 Å². The maximum absolute atomic E-state index is 6.09. The molecule has 0 spiro atoms. The van der Waals surface area contributed by atoms with Crippen molar-refractivity contribution in [2.75, 3.05) is 11.9 Å². The van der Waals surface area contributed by atoms with E-state index in [0.717, 1.165) is 17.9 Å². The molecule has 2 nitrogen and oxygen atoms in total. The fourth-order valence-corrected chi connectivity index (χ4v) is 2.06. The molecule has 0 amide bonds. The molecule has 0 aliphatic carbocycles. The zero-order valence-corrected chi connectivity index (χ0v) is 12.0. The number of hydrogen-bond acceptors (Lipinski definition) is 2. The molecule has 0 radical (unpaired) electrons. The summed E-state index contributed by atoms with van der Waals surface area (Å²) < 4.78 is 0. The van der Waals surface area contributed by atoms with Crippen molar-refractivity contribution in [1.29, 1.82) is 0 Å². The minimum atomic E-state index is 0.167. The molecule has 1 aromatic carbocycles. The highest BCUT2D eigenvalue weighted by Gasteiger charge is 2.13. The van der Waals surface area contributed by atoms with Crippen LogP contribution >= 0.6 is 11.6 Å². The lowest BCUT2D eigenvalue weighted by molar-refractivity contribution is 0.656. The summed E-state index contributed by atoms with van der Waals surface area (Å²) in [7, 11) is 2.12. The highest BCUT2D eigenvalue weighted by atomic mass is 35.5. The molecule has 0 saturated carbocycles. The molecule has 2 N–H and O–H groups in total. The number of rotatable bonds is 5. The number of hydrogen-bond donors (Lipinski definition) is 1. The van der Waals surface area contributed by atoms with Crippen LogP contribution in [-0.4, -0.2) is 19.1 Å². The van der Waals surface area contributed by atoms with E-state index in [4.69, 9.17) is 17.3 Å². The summed E-state index contributed by atoms with van der Waals surface area (Å²) in [5.74, 6) is 0. The second-order valence-corrected chi connectivity index (χ2v) is 5.26. The topological polar surface area (TPSA) is 29.3 Å². The van der Waals surface area contributed by atoms with Gasteiger partial charge in [-0.25, -0.2) is 0 Å². The van der Waals surface area contributed by atoms with E-state index in [1.165, 1.54) is 11.3 Å². The van der Waals surface area contributed by atoms with Gasteiger partial charge in [0.15, 0.2) is 0 Å². The Morgan fingerprint density at radius 3 is 2.53 bits per heavy atom. The van der Waals surface area contributed by atoms with Gasteiger partial charge in [-0.05, 0) is 44.4 Å². The molecule has 17 heavy (non-hydrogen) atoms. The zero-order valence-electron chi connectivity index (χ0n) is 11.2. The molecule has 0 aliphatic heterocycles. The van der Waals surface area contributed by atoms with Gasteiger partial charge in [-0.2, -0.15) is 0 Å². The van der Waals surface area contributed by atoms with Crippen LogP contribution < -0.4 is 10.6 Å². The first kappa shape index (κ1) is 14.3. The zero-order chi connectivity index (χ0) is 13.0. The lowest BCUT2D eigenvalue weighted by atomic mass is 10.0. The smallest absolute Gasteiger partial charge is 0.0426 e. The van der Waals surface area contributed by atoms with Crippen molar-refractivity contribution in [3.05, 3.63) is 28.8 Å². The lowest BCUT2D eigenvalue weighted by Gasteiger charge is -2.29. The van der Waals surface area contributed by atoms with Crippen LogP contribution in [0.4, 0.5) is 5.69 Å². The Morgan fingerprint density at radius 2 is 2.00 bits per heavy atom. The Balaban J connectivity index is 3.05. The van der Waals surface area contributed by atoms with E-state index in [-0.39, 0.29) is 6.04 Å². The Hall–Kier alpha value is -0.730. The minimum Gasteiger partial charge on any atom is -0.372 e. The van der Waals surface area contributed by atoms with Crippen LogP contribution in [0.15, 0.2) is 18.2 Å². The van der Waals surface area contributed by atoms with Crippen LogP contribution in [0, 0.1) is 0 Å². The van der Waals surface area contributed by atoms with Gasteiger partial charge >= 0.3 is 0 Å². The van der Waals surface area contributed by atoms with E-state index < -0.39 is 0 Å². The van der Waals surface area contributed by atoms with Crippen molar-refractivity contribution >= 4 is 17.3 Å². The molecule has 0 fully saturated rings. The second kappa shape index (κ2) is 6.27. The van der Waals surface area contributed by atoms with Gasteiger partial charge in [0.1, 0.15) is 0 Å². The summed E-state index contributed by atoms with van der Waals surface area (Å²) in [6, 6.07) is 6.72. The van der Waals surface area contributed by atoms with Crippen LogP contribution in [0.5, 0.6) is 0 Å². The molecule has 1 rings (SSSR count). The molecule has 2 atom stereocenters. The van der Waals surface area contributed by atoms with Crippen molar-refractivity contribution in [2.24, 2.45) is 5.73 Å². The third kappa shape index (κ3) is 3.90. The summed E-state index contributed by atoms with van der Waals surface area (Å²) in [5.41, 5.74) is 8.36. The number of nitrogens with two attached hydrogens (primary N) is 1. The Morgan fingerprint density at radius 1 is 1.35 bits per heavy atom. The molecule has 0 heterocycles. The molecule has 1 aromatic rings. The first-order valence-corrected chi connectivity index (χ1v) is 6.60. The van der Waals surface area contributed by atoms with Crippen molar-refractivity contribution in [3.63, 3.8) is 0 Å². The van der Waals surface area contributed by atoms with Crippen LogP contribution in [-0.2, 0) is 6.42 Å². The molecule has 0 aromatic heterocycles. The normalized spacial score (nSPS) is 14.5. The quantitative estimate of drug-likeness (QED) is 0.872. The van der Waals surface area contributed by atoms with Crippen LogP contribution in [0.1, 0.15) is 32.8 Å². The predicted octanol–water partition coefficient (Wildman–Crippen LogP) is 3.46. The van der Waals surface area contributed by atoms with Gasteiger partial charge in [-0.15, -0.1) is 0 Å². The molecule has 0 bridgehead atoms. The predicted molar refractivity (Wildman–Crippen MR) is 77.0 cm³/mol. The van der Waals surface area contributed by atoms with Gasteiger partial charge in [0.2, 0.25) is 0 Å². The van der Waals surface area contributed by atoms with Gasteiger partial charge in [0.05, 0.1) is 0 Å². The SMILES string of the molecule is CCC(C)N(C)c1cc(Cl)ccc1CC(C)N. The van der Waals surface area contributed by atoms with E-state index in [9.17, 15) is 0 Å². The highest BCUT2D eigenvalue weighted by molar-refractivity contribution is 6.30.